The Labute approximate surface area is 93.0 Å². The normalized spacial score (nSPS) is 10.1. The topological polar surface area (TPSA) is 57.2 Å². The quantitative estimate of drug-likeness (QED) is 0.596. The van der Waals surface area contributed by atoms with E-state index in [1.54, 1.807) is 6.07 Å². The van der Waals surface area contributed by atoms with E-state index in [1.165, 1.54) is 0 Å². The van der Waals surface area contributed by atoms with Gasteiger partial charge < -0.3 is 4.98 Å². The van der Waals surface area contributed by atoms with Crippen molar-refractivity contribution >= 4 is 22.3 Å². The van der Waals surface area contributed by atoms with Gasteiger partial charge in [-0.25, -0.2) is 0 Å². The Morgan fingerprint density at radius 2 is 2.06 bits per heavy atom. The maximum Gasteiger partial charge on any atom is 0.257 e. The van der Waals surface area contributed by atoms with E-state index in [1.807, 2.05) is 38.1 Å². The SMILES string of the molecule is CC(C)=NNc1cc2ccccc2c(=O)[nH]1. The Morgan fingerprint density at radius 3 is 2.81 bits per heavy atom. The second-order valence-electron chi connectivity index (χ2n) is 3.77. The van der Waals surface area contributed by atoms with Gasteiger partial charge in [-0.3, -0.25) is 10.2 Å². The molecule has 0 spiro atoms. The van der Waals surface area contributed by atoms with Crippen LogP contribution in [0.5, 0.6) is 0 Å². The van der Waals surface area contributed by atoms with Gasteiger partial charge in [0.2, 0.25) is 0 Å². The van der Waals surface area contributed by atoms with Gasteiger partial charge >= 0.3 is 0 Å². The highest BCUT2D eigenvalue weighted by Gasteiger charge is 1.99. The molecule has 2 rings (SSSR count). The molecule has 2 aromatic rings. The monoisotopic (exact) mass is 215 g/mol. The van der Waals surface area contributed by atoms with Crippen LogP contribution in [0.3, 0.4) is 0 Å². The fourth-order valence-corrected chi connectivity index (χ4v) is 1.44. The highest BCUT2D eigenvalue weighted by atomic mass is 16.1. The zero-order valence-corrected chi connectivity index (χ0v) is 9.24. The molecule has 1 heterocycles. The summed E-state index contributed by atoms with van der Waals surface area (Å²) in [5.41, 5.74) is 3.60. The summed E-state index contributed by atoms with van der Waals surface area (Å²) in [6, 6.07) is 9.31. The Bertz CT molecular complexity index is 594. The molecule has 0 amide bonds. The van der Waals surface area contributed by atoms with Crippen LogP contribution in [0.4, 0.5) is 5.82 Å². The molecule has 0 radical (unpaired) electrons. The van der Waals surface area contributed by atoms with Crippen molar-refractivity contribution in [2.45, 2.75) is 13.8 Å². The van der Waals surface area contributed by atoms with E-state index in [-0.39, 0.29) is 5.56 Å². The van der Waals surface area contributed by atoms with E-state index in [0.29, 0.717) is 11.2 Å². The van der Waals surface area contributed by atoms with Crippen LogP contribution in [0.2, 0.25) is 0 Å². The molecule has 0 saturated carbocycles. The summed E-state index contributed by atoms with van der Waals surface area (Å²) in [6.45, 7) is 3.76. The molecular formula is C12H13N3O. The molecule has 0 aliphatic rings. The molecule has 0 aliphatic heterocycles. The summed E-state index contributed by atoms with van der Waals surface area (Å²) in [7, 11) is 0. The number of hydrazone groups is 1. The lowest BCUT2D eigenvalue weighted by Gasteiger charge is -2.02. The van der Waals surface area contributed by atoms with Gasteiger partial charge in [0.05, 0.1) is 0 Å². The third-order valence-corrected chi connectivity index (χ3v) is 2.15. The van der Waals surface area contributed by atoms with Crippen LogP contribution in [-0.4, -0.2) is 10.7 Å². The van der Waals surface area contributed by atoms with Crippen molar-refractivity contribution in [1.29, 1.82) is 0 Å². The Hall–Kier alpha value is -2.10. The molecule has 1 aromatic carbocycles. The van der Waals surface area contributed by atoms with Crippen LogP contribution in [0, 0.1) is 0 Å². The van der Waals surface area contributed by atoms with Gasteiger partial charge in [-0.1, -0.05) is 18.2 Å². The Balaban J connectivity index is 2.50. The summed E-state index contributed by atoms with van der Waals surface area (Å²) >= 11 is 0. The van der Waals surface area contributed by atoms with E-state index in [2.05, 4.69) is 15.5 Å². The highest BCUT2D eigenvalue weighted by molar-refractivity contribution is 5.84. The van der Waals surface area contributed by atoms with Crippen LogP contribution >= 0.6 is 0 Å². The minimum Gasteiger partial charge on any atom is -0.307 e. The molecule has 82 valence electrons. The first-order valence-corrected chi connectivity index (χ1v) is 5.06. The van der Waals surface area contributed by atoms with E-state index < -0.39 is 0 Å². The van der Waals surface area contributed by atoms with Gasteiger partial charge in [0.15, 0.2) is 0 Å². The molecule has 0 saturated heterocycles. The minimum absolute atomic E-state index is 0.107. The van der Waals surface area contributed by atoms with Gasteiger partial charge in [-0.15, -0.1) is 0 Å². The van der Waals surface area contributed by atoms with E-state index in [0.717, 1.165) is 11.1 Å². The molecular weight excluding hydrogens is 202 g/mol. The lowest BCUT2D eigenvalue weighted by atomic mass is 10.2. The van der Waals surface area contributed by atoms with Crippen molar-refractivity contribution in [2.24, 2.45) is 5.10 Å². The van der Waals surface area contributed by atoms with Crippen LogP contribution in [0.25, 0.3) is 10.8 Å². The fraction of sp³-hybridized carbons (Fsp3) is 0.167. The molecule has 0 atom stereocenters. The van der Waals surface area contributed by atoms with Crippen molar-refractivity contribution < 1.29 is 0 Å². The number of aromatic nitrogens is 1. The number of aromatic amines is 1. The van der Waals surface area contributed by atoms with Crippen molar-refractivity contribution in [3.8, 4) is 0 Å². The van der Waals surface area contributed by atoms with Gasteiger partial charge in [0, 0.05) is 11.1 Å². The third kappa shape index (κ3) is 2.11. The van der Waals surface area contributed by atoms with Crippen LogP contribution in [0.15, 0.2) is 40.2 Å². The van der Waals surface area contributed by atoms with E-state index in [9.17, 15) is 4.79 Å². The largest absolute Gasteiger partial charge is 0.307 e. The molecule has 0 bridgehead atoms. The number of fused-ring (bicyclic) bond motifs is 1. The number of H-pyrrole nitrogens is 1. The number of rotatable bonds is 2. The van der Waals surface area contributed by atoms with E-state index in [4.69, 9.17) is 0 Å². The number of nitrogens with zero attached hydrogens (tertiary/aromatic N) is 1. The predicted octanol–water partition coefficient (Wildman–Crippen LogP) is 2.34. The average Bonchev–Trinajstić information content (AvgIpc) is 2.26. The molecule has 4 heteroatoms. The Morgan fingerprint density at radius 1 is 1.31 bits per heavy atom. The second-order valence-corrected chi connectivity index (χ2v) is 3.77. The zero-order valence-electron chi connectivity index (χ0n) is 9.24. The van der Waals surface area contributed by atoms with Gasteiger partial charge in [-0.2, -0.15) is 5.10 Å². The van der Waals surface area contributed by atoms with Crippen LogP contribution in [0.1, 0.15) is 13.8 Å². The third-order valence-electron chi connectivity index (χ3n) is 2.15. The number of anilines is 1. The summed E-state index contributed by atoms with van der Waals surface area (Å²) in [5.74, 6) is 0.602. The van der Waals surface area contributed by atoms with Gasteiger partial charge in [0.1, 0.15) is 5.82 Å². The zero-order chi connectivity index (χ0) is 11.5. The summed E-state index contributed by atoms with van der Waals surface area (Å²) in [5, 5.41) is 5.63. The van der Waals surface area contributed by atoms with Crippen molar-refractivity contribution in [3.05, 3.63) is 40.7 Å². The summed E-state index contributed by atoms with van der Waals surface area (Å²) in [6.07, 6.45) is 0. The molecule has 0 aliphatic carbocycles. The van der Waals surface area contributed by atoms with Crippen LogP contribution in [-0.2, 0) is 0 Å². The molecule has 4 nitrogen and oxygen atoms in total. The van der Waals surface area contributed by atoms with E-state index >= 15 is 0 Å². The number of nitrogens with one attached hydrogen (secondary N) is 2. The summed E-state index contributed by atoms with van der Waals surface area (Å²) in [4.78, 5) is 14.4. The highest BCUT2D eigenvalue weighted by Crippen LogP contribution is 2.12. The lowest BCUT2D eigenvalue weighted by Crippen LogP contribution is -2.08. The number of hydrogen-bond donors (Lipinski definition) is 2. The smallest absolute Gasteiger partial charge is 0.257 e. The Kier molecular flexibility index (Phi) is 2.72. The maximum atomic E-state index is 11.7. The van der Waals surface area contributed by atoms with Gasteiger partial charge in [-0.05, 0) is 31.4 Å². The number of hydrogen-bond acceptors (Lipinski definition) is 3. The average molecular weight is 215 g/mol. The van der Waals surface area contributed by atoms with Crippen molar-refractivity contribution in [3.63, 3.8) is 0 Å². The first kappa shape index (κ1) is 10.4. The molecule has 0 fully saturated rings. The van der Waals surface area contributed by atoms with Crippen molar-refractivity contribution in [2.75, 3.05) is 5.43 Å². The minimum atomic E-state index is -0.107. The maximum absolute atomic E-state index is 11.7. The fourth-order valence-electron chi connectivity index (χ4n) is 1.44. The van der Waals surface area contributed by atoms with Crippen molar-refractivity contribution in [1.82, 2.24) is 4.98 Å². The predicted molar refractivity (Wildman–Crippen MR) is 67.0 cm³/mol. The molecule has 1 aromatic heterocycles. The standard InChI is InChI=1S/C12H13N3O/c1-8(2)14-15-11-7-9-5-3-4-6-10(9)12(16)13-11/h3-7H,1-2H3,(H2,13,15,16). The first-order chi connectivity index (χ1) is 7.66. The molecule has 16 heavy (non-hydrogen) atoms. The number of benzene rings is 1. The number of pyridine rings is 1. The summed E-state index contributed by atoms with van der Waals surface area (Å²) < 4.78 is 0. The molecule has 0 unspecified atom stereocenters. The first-order valence-electron chi connectivity index (χ1n) is 5.06. The lowest BCUT2D eigenvalue weighted by molar-refractivity contribution is 1.19. The molecule has 2 N–H and O–H groups in total. The van der Waals surface area contributed by atoms with Gasteiger partial charge in [0.25, 0.3) is 5.56 Å². The second kappa shape index (κ2) is 4.18. The van der Waals surface area contributed by atoms with Crippen LogP contribution < -0.4 is 11.0 Å².